The fourth-order valence-corrected chi connectivity index (χ4v) is 2.35. The van der Waals surface area contributed by atoms with Crippen molar-refractivity contribution < 1.29 is 4.79 Å². The van der Waals surface area contributed by atoms with Gasteiger partial charge in [0.05, 0.1) is 0 Å². The number of thiophene rings is 1. The normalized spacial score (nSPS) is 24.4. The Kier molecular flexibility index (Phi) is 1.78. The van der Waals surface area contributed by atoms with E-state index in [9.17, 15) is 4.79 Å². The largest absolute Gasteiger partial charge is 0.300 e. The quantitative estimate of drug-likeness (QED) is 0.626. The summed E-state index contributed by atoms with van der Waals surface area (Å²) >= 11 is 1.72. The van der Waals surface area contributed by atoms with Gasteiger partial charge < -0.3 is 0 Å². The molecule has 0 radical (unpaired) electrons. The van der Waals surface area contributed by atoms with Gasteiger partial charge in [-0.2, -0.15) is 11.3 Å². The lowest BCUT2D eigenvalue weighted by Crippen LogP contribution is -1.91. The summed E-state index contributed by atoms with van der Waals surface area (Å²) in [5.41, 5.74) is 1.36. The van der Waals surface area contributed by atoms with Crippen LogP contribution < -0.4 is 0 Å². The Morgan fingerprint density at radius 1 is 1.55 bits per heavy atom. The third-order valence-corrected chi connectivity index (χ3v) is 2.96. The van der Waals surface area contributed by atoms with E-state index in [1.807, 2.05) is 0 Å². The maximum Gasteiger partial charge on any atom is 0.133 e. The van der Waals surface area contributed by atoms with E-state index < -0.39 is 0 Å². The van der Waals surface area contributed by atoms with Gasteiger partial charge in [-0.1, -0.05) is 0 Å². The first-order valence-electron chi connectivity index (χ1n) is 3.90. The molecule has 1 fully saturated rings. The van der Waals surface area contributed by atoms with Crippen LogP contribution >= 0.6 is 11.3 Å². The van der Waals surface area contributed by atoms with Crippen molar-refractivity contribution in [1.82, 2.24) is 0 Å². The molecule has 1 atom stereocenters. The Morgan fingerprint density at radius 3 is 3.00 bits per heavy atom. The van der Waals surface area contributed by atoms with Crippen LogP contribution in [0.1, 0.15) is 30.7 Å². The van der Waals surface area contributed by atoms with E-state index in [4.69, 9.17) is 0 Å². The second-order valence-electron chi connectivity index (χ2n) is 3.04. The highest BCUT2D eigenvalue weighted by Crippen LogP contribution is 2.32. The van der Waals surface area contributed by atoms with E-state index in [0.717, 1.165) is 19.3 Å². The Morgan fingerprint density at radius 2 is 2.45 bits per heavy atom. The lowest BCUT2D eigenvalue weighted by Gasteiger charge is -2.02. The average molecular weight is 166 g/mol. The highest BCUT2D eigenvalue weighted by atomic mass is 32.1. The van der Waals surface area contributed by atoms with E-state index in [0.29, 0.717) is 11.7 Å². The van der Waals surface area contributed by atoms with E-state index in [1.54, 1.807) is 11.3 Å². The van der Waals surface area contributed by atoms with Crippen molar-refractivity contribution in [1.29, 1.82) is 0 Å². The molecule has 1 saturated carbocycles. The van der Waals surface area contributed by atoms with E-state index >= 15 is 0 Å². The van der Waals surface area contributed by atoms with Gasteiger partial charge in [-0.15, -0.1) is 0 Å². The zero-order chi connectivity index (χ0) is 7.68. The number of carbonyl (C=O) groups excluding carboxylic acids is 1. The van der Waals surface area contributed by atoms with Crippen molar-refractivity contribution in [3.63, 3.8) is 0 Å². The van der Waals surface area contributed by atoms with Crippen molar-refractivity contribution in [3.8, 4) is 0 Å². The van der Waals surface area contributed by atoms with Gasteiger partial charge in [0.25, 0.3) is 0 Å². The van der Waals surface area contributed by atoms with Gasteiger partial charge in [-0.25, -0.2) is 0 Å². The smallest absolute Gasteiger partial charge is 0.133 e. The van der Waals surface area contributed by atoms with Crippen LogP contribution in [0.5, 0.6) is 0 Å². The SMILES string of the molecule is O=C1CC[C@H](c2ccsc2)C1. The van der Waals surface area contributed by atoms with Gasteiger partial charge in [0, 0.05) is 12.8 Å². The third-order valence-electron chi connectivity index (χ3n) is 2.26. The maximum absolute atomic E-state index is 11.0. The average Bonchev–Trinajstić information content (AvgIpc) is 2.55. The summed E-state index contributed by atoms with van der Waals surface area (Å²) in [6, 6.07) is 2.13. The zero-order valence-corrected chi connectivity index (χ0v) is 7.06. The molecular weight excluding hydrogens is 156 g/mol. The van der Waals surface area contributed by atoms with Crippen molar-refractivity contribution in [2.45, 2.75) is 25.2 Å². The fraction of sp³-hybridized carbons (Fsp3) is 0.444. The summed E-state index contributed by atoms with van der Waals surface area (Å²) < 4.78 is 0. The predicted molar refractivity (Wildman–Crippen MR) is 45.9 cm³/mol. The molecule has 1 aromatic heterocycles. The van der Waals surface area contributed by atoms with Crippen LogP contribution in [-0.2, 0) is 4.79 Å². The first kappa shape index (κ1) is 7.04. The zero-order valence-electron chi connectivity index (χ0n) is 6.25. The van der Waals surface area contributed by atoms with Crippen LogP contribution in [0.3, 0.4) is 0 Å². The molecule has 1 heterocycles. The lowest BCUT2D eigenvalue weighted by molar-refractivity contribution is -0.117. The highest BCUT2D eigenvalue weighted by molar-refractivity contribution is 7.07. The molecule has 0 aromatic carbocycles. The molecule has 0 amide bonds. The number of Topliss-reactive ketones (excluding diaryl/α,β-unsaturated/α-hetero) is 1. The van der Waals surface area contributed by atoms with Gasteiger partial charge in [-0.05, 0) is 34.7 Å². The third kappa shape index (κ3) is 1.36. The van der Waals surface area contributed by atoms with E-state index in [-0.39, 0.29) is 0 Å². The summed E-state index contributed by atoms with van der Waals surface area (Å²) in [4.78, 5) is 11.0. The first-order valence-corrected chi connectivity index (χ1v) is 4.84. The number of hydrogen-bond acceptors (Lipinski definition) is 2. The van der Waals surface area contributed by atoms with Crippen LogP contribution in [0.25, 0.3) is 0 Å². The Bertz CT molecular complexity index is 251. The number of rotatable bonds is 1. The van der Waals surface area contributed by atoms with Crippen molar-refractivity contribution >= 4 is 17.1 Å². The summed E-state index contributed by atoms with van der Waals surface area (Å²) in [5.74, 6) is 0.968. The summed E-state index contributed by atoms with van der Waals surface area (Å²) in [7, 11) is 0. The summed E-state index contributed by atoms with van der Waals surface area (Å²) in [6.07, 6.45) is 2.63. The lowest BCUT2D eigenvalue weighted by atomic mass is 10.0. The van der Waals surface area contributed by atoms with Gasteiger partial charge >= 0.3 is 0 Å². The van der Waals surface area contributed by atoms with Gasteiger partial charge in [0.2, 0.25) is 0 Å². The predicted octanol–water partition coefficient (Wildman–Crippen LogP) is 2.58. The molecule has 1 aromatic rings. The van der Waals surface area contributed by atoms with Crippen LogP contribution in [0, 0.1) is 0 Å². The molecule has 0 aliphatic heterocycles. The standard InChI is InChI=1S/C9H10OS/c10-9-2-1-7(5-9)8-3-4-11-6-8/h3-4,6-7H,1-2,5H2/t7-/m0/s1. The van der Waals surface area contributed by atoms with Crippen LogP contribution in [0.2, 0.25) is 0 Å². The maximum atomic E-state index is 11.0. The second-order valence-corrected chi connectivity index (χ2v) is 3.82. The van der Waals surface area contributed by atoms with Crippen LogP contribution in [0.15, 0.2) is 16.8 Å². The molecule has 0 bridgehead atoms. The molecule has 11 heavy (non-hydrogen) atoms. The van der Waals surface area contributed by atoms with Crippen LogP contribution in [-0.4, -0.2) is 5.78 Å². The van der Waals surface area contributed by atoms with E-state index in [2.05, 4.69) is 16.8 Å². The summed E-state index contributed by atoms with van der Waals surface area (Å²) in [5, 5.41) is 4.24. The topological polar surface area (TPSA) is 17.1 Å². The minimum absolute atomic E-state index is 0.432. The Labute approximate surface area is 70.1 Å². The molecule has 0 unspecified atom stereocenters. The molecule has 2 heteroatoms. The molecule has 0 saturated heterocycles. The monoisotopic (exact) mass is 166 g/mol. The number of carbonyl (C=O) groups is 1. The minimum Gasteiger partial charge on any atom is -0.300 e. The molecule has 2 rings (SSSR count). The van der Waals surface area contributed by atoms with Crippen molar-refractivity contribution in [2.24, 2.45) is 0 Å². The first-order chi connectivity index (χ1) is 5.36. The second kappa shape index (κ2) is 2.78. The molecule has 0 spiro atoms. The highest BCUT2D eigenvalue weighted by Gasteiger charge is 2.23. The van der Waals surface area contributed by atoms with Gasteiger partial charge in [-0.3, -0.25) is 4.79 Å². The van der Waals surface area contributed by atoms with Gasteiger partial charge in [0.1, 0.15) is 5.78 Å². The molecule has 58 valence electrons. The molecule has 1 aliphatic rings. The summed E-state index contributed by atoms with van der Waals surface area (Å²) in [6.45, 7) is 0. The number of hydrogen-bond donors (Lipinski definition) is 0. The molecule has 1 nitrogen and oxygen atoms in total. The number of ketones is 1. The van der Waals surface area contributed by atoms with Crippen LogP contribution in [0.4, 0.5) is 0 Å². The Balaban J connectivity index is 2.13. The molecular formula is C9H10OS. The fourth-order valence-electron chi connectivity index (χ4n) is 1.61. The Hall–Kier alpha value is -0.630. The van der Waals surface area contributed by atoms with Crippen molar-refractivity contribution in [2.75, 3.05) is 0 Å². The van der Waals surface area contributed by atoms with Gasteiger partial charge in [0.15, 0.2) is 0 Å². The molecule has 0 N–H and O–H groups in total. The molecule has 1 aliphatic carbocycles. The minimum atomic E-state index is 0.432. The van der Waals surface area contributed by atoms with Crippen molar-refractivity contribution in [3.05, 3.63) is 22.4 Å². The van der Waals surface area contributed by atoms with E-state index in [1.165, 1.54) is 5.56 Å².